The highest BCUT2D eigenvalue weighted by atomic mass is 32.2. The van der Waals surface area contributed by atoms with Crippen LogP contribution in [0.2, 0.25) is 0 Å². The maximum absolute atomic E-state index is 12.6. The predicted octanol–water partition coefficient (Wildman–Crippen LogP) is 3.27. The zero-order valence-electron chi connectivity index (χ0n) is 12.5. The van der Waals surface area contributed by atoms with E-state index in [9.17, 15) is 8.42 Å². The van der Waals surface area contributed by atoms with E-state index in [1.54, 1.807) is 19.9 Å². The monoisotopic (exact) mass is 325 g/mol. The molecule has 0 radical (unpaired) electrons. The maximum atomic E-state index is 12.6. The van der Waals surface area contributed by atoms with Gasteiger partial charge in [0.1, 0.15) is 4.90 Å². The Labute approximate surface area is 129 Å². The summed E-state index contributed by atoms with van der Waals surface area (Å²) in [5.74, 6) is 0.255. The second-order valence-electron chi connectivity index (χ2n) is 5.28. The van der Waals surface area contributed by atoms with Gasteiger partial charge in [0.15, 0.2) is 5.13 Å². The van der Waals surface area contributed by atoms with Crippen molar-refractivity contribution >= 4 is 32.2 Å². The van der Waals surface area contributed by atoms with Gasteiger partial charge in [-0.05, 0) is 30.9 Å². The molecule has 0 unspecified atom stereocenters. The smallest absolute Gasteiger partial charge is 0.265 e. The van der Waals surface area contributed by atoms with Gasteiger partial charge in [0.25, 0.3) is 10.0 Å². The summed E-state index contributed by atoms with van der Waals surface area (Å²) >= 11 is 1.27. The van der Waals surface area contributed by atoms with Crippen molar-refractivity contribution in [2.24, 2.45) is 0 Å². The van der Waals surface area contributed by atoms with Crippen LogP contribution in [0.5, 0.6) is 0 Å². The topological polar surface area (TPSA) is 85.1 Å². The number of hydrogen-bond acceptors (Lipinski definition) is 5. The van der Waals surface area contributed by atoms with Crippen molar-refractivity contribution in [1.82, 2.24) is 4.98 Å². The van der Waals surface area contributed by atoms with Gasteiger partial charge in [0.2, 0.25) is 0 Å². The molecule has 1 aromatic heterocycles. The molecule has 0 aliphatic rings. The fourth-order valence-corrected chi connectivity index (χ4v) is 4.48. The highest BCUT2D eigenvalue weighted by Crippen LogP contribution is 2.29. The van der Waals surface area contributed by atoms with Crippen molar-refractivity contribution in [3.8, 4) is 0 Å². The Morgan fingerprint density at radius 1 is 1.24 bits per heavy atom. The number of sulfonamides is 1. The lowest BCUT2D eigenvalue weighted by Crippen LogP contribution is -2.16. The number of nitrogens with zero attached hydrogens (tertiary/aromatic N) is 1. The molecule has 1 heterocycles. The third-order valence-corrected chi connectivity index (χ3v) is 5.66. The second-order valence-corrected chi connectivity index (χ2v) is 7.76. The molecular formula is C14H19N3O2S2. The molecule has 2 aromatic rings. The maximum Gasteiger partial charge on any atom is 0.265 e. The first kappa shape index (κ1) is 15.8. The number of nitrogens with one attached hydrogen (secondary N) is 1. The quantitative estimate of drug-likeness (QED) is 0.845. The Bertz CT molecular complexity index is 765. The van der Waals surface area contributed by atoms with Crippen molar-refractivity contribution in [3.05, 3.63) is 34.3 Å². The summed E-state index contributed by atoms with van der Waals surface area (Å²) < 4.78 is 27.6. The fraction of sp³-hybridized carbons (Fsp3) is 0.357. The summed E-state index contributed by atoms with van der Waals surface area (Å²) in [6.45, 7) is 7.53. The third-order valence-electron chi connectivity index (χ3n) is 3.21. The standard InChI is InChI=1S/C14H19N3O2S2/c1-8(2)11-7-20-14(16-11)17-21(18,19)13-10(4)6-5-9(3)12(13)15/h5-8H,15H2,1-4H3,(H,16,17). The highest BCUT2D eigenvalue weighted by molar-refractivity contribution is 7.93. The molecule has 0 fully saturated rings. The molecule has 0 bridgehead atoms. The summed E-state index contributed by atoms with van der Waals surface area (Å²) in [6, 6.07) is 3.56. The first-order chi connectivity index (χ1) is 9.72. The number of nitrogens with two attached hydrogens (primary N) is 1. The number of hydrogen-bond donors (Lipinski definition) is 2. The Kier molecular flexibility index (Phi) is 4.25. The van der Waals surface area contributed by atoms with Crippen LogP contribution in [-0.4, -0.2) is 13.4 Å². The molecule has 5 nitrogen and oxygen atoms in total. The van der Waals surface area contributed by atoms with Crippen LogP contribution in [0.1, 0.15) is 36.6 Å². The van der Waals surface area contributed by atoms with Crippen molar-refractivity contribution in [2.45, 2.75) is 38.5 Å². The Hall–Kier alpha value is -1.60. The van der Waals surface area contributed by atoms with Crippen LogP contribution in [0.15, 0.2) is 22.4 Å². The highest BCUT2D eigenvalue weighted by Gasteiger charge is 2.22. The molecule has 0 aliphatic carbocycles. The van der Waals surface area contributed by atoms with E-state index in [1.165, 1.54) is 11.3 Å². The van der Waals surface area contributed by atoms with Crippen LogP contribution in [0.4, 0.5) is 10.8 Å². The van der Waals surface area contributed by atoms with Gasteiger partial charge >= 0.3 is 0 Å². The normalized spacial score (nSPS) is 11.9. The molecule has 0 spiro atoms. The largest absolute Gasteiger partial charge is 0.397 e. The lowest BCUT2D eigenvalue weighted by Gasteiger charge is -2.12. The molecule has 1 aromatic carbocycles. The molecule has 0 atom stereocenters. The number of nitrogen functional groups attached to an aromatic ring is 1. The molecule has 0 saturated heterocycles. The molecule has 2 rings (SSSR count). The first-order valence-corrected chi connectivity index (χ1v) is 8.92. The average Bonchev–Trinajstić information content (AvgIpc) is 2.82. The van der Waals surface area contributed by atoms with Gasteiger partial charge in [-0.2, -0.15) is 0 Å². The summed E-state index contributed by atoms with van der Waals surface area (Å²) in [5, 5.41) is 2.22. The minimum Gasteiger partial charge on any atom is -0.397 e. The van der Waals surface area contributed by atoms with E-state index >= 15 is 0 Å². The van der Waals surface area contributed by atoms with E-state index in [1.807, 2.05) is 25.3 Å². The van der Waals surface area contributed by atoms with Crippen LogP contribution < -0.4 is 10.5 Å². The van der Waals surface area contributed by atoms with Gasteiger partial charge in [-0.3, -0.25) is 4.72 Å². The van der Waals surface area contributed by atoms with Crippen LogP contribution in [0.25, 0.3) is 0 Å². The fourth-order valence-electron chi connectivity index (χ4n) is 1.93. The van der Waals surface area contributed by atoms with Gasteiger partial charge in [-0.15, -0.1) is 11.3 Å². The second kappa shape index (κ2) is 5.65. The van der Waals surface area contributed by atoms with E-state index < -0.39 is 10.0 Å². The third kappa shape index (κ3) is 3.19. The van der Waals surface area contributed by atoms with E-state index in [4.69, 9.17) is 5.73 Å². The number of aromatic nitrogens is 1. The van der Waals surface area contributed by atoms with Crippen LogP contribution in [0, 0.1) is 13.8 Å². The van der Waals surface area contributed by atoms with Crippen molar-refractivity contribution < 1.29 is 8.42 Å². The summed E-state index contributed by atoms with van der Waals surface area (Å²) in [5.41, 5.74) is 8.44. The molecular weight excluding hydrogens is 306 g/mol. The number of thiazole rings is 1. The number of anilines is 2. The Morgan fingerprint density at radius 3 is 2.43 bits per heavy atom. The summed E-state index contributed by atoms with van der Waals surface area (Å²) in [6.07, 6.45) is 0. The number of rotatable bonds is 4. The molecule has 0 aliphatic heterocycles. The zero-order valence-corrected chi connectivity index (χ0v) is 14.1. The van der Waals surface area contributed by atoms with Gasteiger partial charge < -0.3 is 5.73 Å². The minimum atomic E-state index is -3.74. The van der Waals surface area contributed by atoms with Gasteiger partial charge in [-0.25, -0.2) is 13.4 Å². The van der Waals surface area contributed by atoms with Gasteiger partial charge in [-0.1, -0.05) is 26.0 Å². The lowest BCUT2D eigenvalue weighted by atomic mass is 10.1. The molecule has 21 heavy (non-hydrogen) atoms. The first-order valence-electron chi connectivity index (χ1n) is 6.56. The van der Waals surface area contributed by atoms with Crippen molar-refractivity contribution in [2.75, 3.05) is 10.5 Å². The Balaban J connectivity index is 2.41. The van der Waals surface area contributed by atoms with Gasteiger partial charge in [0, 0.05) is 5.38 Å². The van der Waals surface area contributed by atoms with Crippen LogP contribution >= 0.6 is 11.3 Å². The summed E-state index contributed by atoms with van der Waals surface area (Å²) in [7, 11) is -3.74. The molecule has 3 N–H and O–H groups in total. The van der Waals surface area contributed by atoms with Gasteiger partial charge in [0.05, 0.1) is 11.4 Å². The predicted molar refractivity (Wildman–Crippen MR) is 87.3 cm³/mol. The van der Waals surface area contributed by atoms with Crippen LogP contribution in [-0.2, 0) is 10.0 Å². The van der Waals surface area contributed by atoms with E-state index in [2.05, 4.69) is 9.71 Å². The minimum absolute atomic E-state index is 0.129. The molecule has 7 heteroatoms. The van der Waals surface area contributed by atoms with Crippen LogP contribution in [0.3, 0.4) is 0 Å². The number of aryl methyl sites for hydroxylation is 2. The van der Waals surface area contributed by atoms with Crippen molar-refractivity contribution in [3.63, 3.8) is 0 Å². The summed E-state index contributed by atoms with van der Waals surface area (Å²) in [4.78, 5) is 4.42. The van der Waals surface area contributed by atoms with E-state index in [-0.39, 0.29) is 16.5 Å². The Morgan fingerprint density at radius 2 is 1.86 bits per heavy atom. The van der Waals surface area contributed by atoms with E-state index in [0.717, 1.165) is 11.3 Å². The van der Waals surface area contributed by atoms with Crippen molar-refractivity contribution in [1.29, 1.82) is 0 Å². The zero-order chi connectivity index (χ0) is 15.8. The molecule has 114 valence electrons. The number of benzene rings is 1. The lowest BCUT2D eigenvalue weighted by molar-refractivity contribution is 0.601. The SMILES string of the molecule is Cc1ccc(C)c(S(=O)(=O)Nc2nc(C(C)C)cs2)c1N. The molecule has 0 saturated carbocycles. The molecule has 0 amide bonds. The average molecular weight is 325 g/mol. The van der Waals surface area contributed by atoms with E-state index in [0.29, 0.717) is 10.7 Å².